The van der Waals surface area contributed by atoms with E-state index < -0.39 is 5.91 Å². The first-order chi connectivity index (χ1) is 17.6. The van der Waals surface area contributed by atoms with Gasteiger partial charge in [0, 0.05) is 38.2 Å². The maximum absolute atomic E-state index is 11.8. The molecule has 0 radical (unpaired) electrons. The van der Waals surface area contributed by atoms with Crippen LogP contribution >= 0.6 is 11.8 Å². The van der Waals surface area contributed by atoms with Crippen LogP contribution < -0.4 is 15.5 Å². The molecule has 10 nitrogen and oxygen atoms in total. The zero-order chi connectivity index (χ0) is 24.9. The number of pyridine rings is 1. The average molecular weight is 501 g/mol. The van der Waals surface area contributed by atoms with Crippen molar-refractivity contribution in [2.24, 2.45) is 5.92 Å². The minimum absolute atomic E-state index is 0.338. The van der Waals surface area contributed by atoms with Gasteiger partial charge in [-0.05, 0) is 73.0 Å². The summed E-state index contributed by atoms with van der Waals surface area (Å²) in [6.07, 6.45) is 8.92. The van der Waals surface area contributed by atoms with E-state index in [2.05, 4.69) is 41.5 Å². The fourth-order valence-corrected chi connectivity index (χ4v) is 4.96. The van der Waals surface area contributed by atoms with Gasteiger partial charge in [-0.1, -0.05) is 0 Å². The smallest absolute Gasteiger partial charge is 0.290 e. The van der Waals surface area contributed by atoms with Crippen molar-refractivity contribution in [1.29, 1.82) is 5.26 Å². The molecule has 3 aromatic heterocycles. The Hall–Kier alpha value is -4.01. The number of rotatable bonds is 7. The van der Waals surface area contributed by atoms with Gasteiger partial charge in [0.1, 0.15) is 11.8 Å². The first kappa shape index (κ1) is 23.7. The van der Waals surface area contributed by atoms with E-state index in [1.807, 2.05) is 30.6 Å². The van der Waals surface area contributed by atoms with Gasteiger partial charge in [-0.15, -0.1) is 0 Å². The van der Waals surface area contributed by atoms with Gasteiger partial charge in [0.2, 0.25) is 5.95 Å². The van der Waals surface area contributed by atoms with E-state index in [0.29, 0.717) is 40.3 Å². The van der Waals surface area contributed by atoms with E-state index in [4.69, 9.17) is 0 Å². The maximum atomic E-state index is 11.8. The number of nitrogens with one attached hydrogen (secondary N) is 3. The van der Waals surface area contributed by atoms with E-state index >= 15 is 0 Å². The Bertz CT molecular complexity index is 1340. The molecule has 0 spiro atoms. The van der Waals surface area contributed by atoms with Crippen LogP contribution in [-0.4, -0.2) is 50.7 Å². The van der Waals surface area contributed by atoms with Crippen molar-refractivity contribution in [1.82, 2.24) is 30.6 Å². The summed E-state index contributed by atoms with van der Waals surface area (Å²) in [5.41, 5.74) is 3.64. The Morgan fingerprint density at radius 2 is 2.11 bits per heavy atom. The summed E-state index contributed by atoms with van der Waals surface area (Å²) in [7, 11) is 0. The van der Waals surface area contributed by atoms with E-state index in [1.165, 1.54) is 0 Å². The quantitative estimate of drug-likeness (QED) is 0.418. The lowest BCUT2D eigenvalue weighted by molar-refractivity contribution is -0.115. The Morgan fingerprint density at radius 1 is 1.25 bits per heavy atom. The molecule has 2 aliphatic rings. The van der Waals surface area contributed by atoms with Crippen LogP contribution in [0.2, 0.25) is 0 Å². The Labute approximate surface area is 212 Å². The highest BCUT2D eigenvalue weighted by Gasteiger charge is 2.25. The summed E-state index contributed by atoms with van der Waals surface area (Å²) in [5, 5.41) is 14.9. The SMILES string of the molecule is N#Cc1cc(CNCC2CCN(c3nccc(C=C4SC(=O)NC4=O)n3)CC2)cnc1-c1ccc[nH]1. The number of amides is 2. The first-order valence-corrected chi connectivity index (χ1v) is 12.5. The van der Waals surface area contributed by atoms with Gasteiger partial charge < -0.3 is 15.2 Å². The van der Waals surface area contributed by atoms with Crippen LogP contribution in [0.4, 0.5) is 10.7 Å². The summed E-state index contributed by atoms with van der Waals surface area (Å²) in [4.78, 5) is 42.2. The normalized spacial score (nSPS) is 17.4. The summed E-state index contributed by atoms with van der Waals surface area (Å²) < 4.78 is 0. The van der Waals surface area contributed by atoms with Crippen LogP contribution in [0.15, 0.2) is 47.8 Å². The monoisotopic (exact) mass is 500 g/mol. The largest absolute Gasteiger partial charge is 0.360 e. The van der Waals surface area contributed by atoms with Crippen LogP contribution in [0.1, 0.15) is 29.7 Å². The number of thioether (sulfide) groups is 1. The lowest BCUT2D eigenvalue weighted by Crippen LogP contribution is -2.38. The third-order valence-electron chi connectivity index (χ3n) is 6.16. The van der Waals surface area contributed by atoms with Crippen molar-refractivity contribution in [3.8, 4) is 17.5 Å². The lowest BCUT2D eigenvalue weighted by Gasteiger charge is -2.32. The molecule has 5 heterocycles. The van der Waals surface area contributed by atoms with Gasteiger partial charge in [-0.2, -0.15) is 5.26 Å². The lowest BCUT2D eigenvalue weighted by atomic mass is 9.97. The van der Waals surface area contributed by atoms with E-state index in [9.17, 15) is 14.9 Å². The molecular weight excluding hydrogens is 476 g/mol. The molecule has 0 aliphatic carbocycles. The molecule has 2 fully saturated rings. The molecule has 0 atom stereocenters. The Kier molecular flexibility index (Phi) is 7.06. The van der Waals surface area contributed by atoms with Gasteiger partial charge in [-0.25, -0.2) is 9.97 Å². The number of nitrogens with zero attached hydrogens (tertiary/aromatic N) is 5. The Morgan fingerprint density at radius 3 is 2.83 bits per heavy atom. The van der Waals surface area contributed by atoms with Crippen LogP contribution in [0.3, 0.4) is 0 Å². The minimum atomic E-state index is -0.394. The highest BCUT2D eigenvalue weighted by Crippen LogP contribution is 2.26. The summed E-state index contributed by atoms with van der Waals surface area (Å²) in [6, 6.07) is 9.65. The van der Waals surface area contributed by atoms with Crippen molar-refractivity contribution in [2.75, 3.05) is 24.5 Å². The van der Waals surface area contributed by atoms with Crippen molar-refractivity contribution in [3.63, 3.8) is 0 Å². The highest BCUT2D eigenvalue weighted by molar-refractivity contribution is 8.18. The second-order valence-electron chi connectivity index (χ2n) is 8.63. The van der Waals surface area contributed by atoms with Gasteiger partial charge in [0.25, 0.3) is 11.1 Å². The van der Waals surface area contributed by atoms with Gasteiger partial charge in [-0.3, -0.25) is 19.9 Å². The number of anilines is 1. The molecule has 0 aromatic carbocycles. The molecule has 36 heavy (non-hydrogen) atoms. The van der Waals surface area contributed by atoms with E-state index in [0.717, 1.165) is 55.5 Å². The molecule has 182 valence electrons. The topological polar surface area (TPSA) is 140 Å². The maximum Gasteiger partial charge on any atom is 0.290 e. The third kappa shape index (κ3) is 5.45. The van der Waals surface area contributed by atoms with E-state index in [1.54, 1.807) is 18.3 Å². The van der Waals surface area contributed by atoms with Crippen molar-refractivity contribution < 1.29 is 9.59 Å². The highest BCUT2D eigenvalue weighted by atomic mass is 32.2. The molecule has 3 N–H and O–H groups in total. The molecule has 3 aromatic rings. The van der Waals surface area contributed by atoms with E-state index in [-0.39, 0.29) is 5.24 Å². The number of carbonyl (C=O) groups excluding carboxylic acids is 2. The molecule has 0 bridgehead atoms. The summed E-state index contributed by atoms with van der Waals surface area (Å²) >= 11 is 0.877. The second kappa shape index (κ2) is 10.7. The van der Waals surface area contributed by atoms with Crippen LogP contribution in [-0.2, 0) is 11.3 Å². The zero-order valence-electron chi connectivity index (χ0n) is 19.4. The average Bonchev–Trinajstić information content (AvgIpc) is 3.54. The second-order valence-corrected chi connectivity index (χ2v) is 9.65. The number of aromatic nitrogens is 4. The fraction of sp³-hybridized carbons (Fsp3) is 0.280. The molecular formula is C25H24N8O2S. The number of carbonyl (C=O) groups is 2. The number of aromatic amines is 1. The van der Waals surface area contributed by atoms with Crippen molar-refractivity contribution in [2.45, 2.75) is 19.4 Å². The number of hydrogen-bond acceptors (Lipinski definition) is 9. The standard InChI is InChI=1S/C25H24N8O2S/c26-12-18-10-17(15-30-22(18)20-2-1-6-28-20)14-27-13-16-4-8-33(9-5-16)24-29-7-3-19(31-24)11-21-23(34)32-25(35)36-21/h1-3,6-7,10-11,15-16,27-28H,4-5,8-9,13-14H2,(H,32,34,35). The molecule has 2 aliphatic heterocycles. The number of H-pyrrole nitrogens is 1. The number of hydrogen-bond donors (Lipinski definition) is 3. The number of imide groups is 1. The molecule has 11 heteroatoms. The number of piperidine rings is 1. The Balaban J connectivity index is 1.12. The molecule has 2 saturated heterocycles. The number of nitriles is 1. The van der Waals surface area contributed by atoms with Gasteiger partial charge in [0.15, 0.2) is 0 Å². The predicted molar refractivity (Wildman–Crippen MR) is 137 cm³/mol. The summed E-state index contributed by atoms with van der Waals surface area (Å²) in [5.74, 6) is 0.759. The van der Waals surface area contributed by atoms with Gasteiger partial charge in [0.05, 0.1) is 21.9 Å². The van der Waals surface area contributed by atoms with Crippen LogP contribution in [0.5, 0.6) is 0 Å². The van der Waals surface area contributed by atoms with Crippen molar-refractivity contribution >= 4 is 34.9 Å². The first-order valence-electron chi connectivity index (χ1n) is 11.7. The molecule has 0 saturated carbocycles. The molecule has 5 rings (SSSR count). The zero-order valence-corrected chi connectivity index (χ0v) is 20.2. The van der Waals surface area contributed by atoms with Crippen LogP contribution in [0, 0.1) is 17.2 Å². The van der Waals surface area contributed by atoms with Gasteiger partial charge >= 0.3 is 0 Å². The summed E-state index contributed by atoms with van der Waals surface area (Å²) in [6.45, 7) is 3.21. The third-order valence-corrected chi connectivity index (χ3v) is 6.97. The molecule has 0 unspecified atom stereocenters. The fourth-order valence-electron chi connectivity index (χ4n) is 4.29. The van der Waals surface area contributed by atoms with Crippen molar-refractivity contribution in [3.05, 3.63) is 64.6 Å². The van der Waals surface area contributed by atoms with Crippen LogP contribution in [0.25, 0.3) is 17.5 Å². The molecule has 2 amide bonds. The minimum Gasteiger partial charge on any atom is -0.360 e. The predicted octanol–water partition coefficient (Wildman–Crippen LogP) is 3.07.